The molecule has 0 unspecified atom stereocenters. The fourth-order valence-electron chi connectivity index (χ4n) is 2.72. The van der Waals surface area contributed by atoms with Gasteiger partial charge in [0.1, 0.15) is 11.4 Å². The molecule has 0 aliphatic carbocycles. The third-order valence-electron chi connectivity index (χ3n) is 3.85. The van der Waals surface area contributed by atoms with Gasteiger partial charge in [-0.2, -0.15) is 0 Å². The van der Waals surface area contributed by atoms with Crippen molar-refractivity contribution in [1.82, 2.24) is 10.2 Å². The van der Waals surface area contributed by atoms with Gasteiger partial charge in [-0.15, -0.1) is 11.8 Å². The highest BCUT2D eigenvalue weighted by molar-refractivity contribution is 8.00. The van der Waals surface area contributed by atoms with E-state index in [-0.39, 0.29) is 17.2 Å². The molecule has 1 fully saturated rings. The number of rotatable bonds is 5. The van der Waals surface area contributed by atoms with E-state index in [4.69, 9.17) is 0 Å². The van der Waals surface area contributed by atoms with Crippen LogP contribution in [0.25, 0.3) is 0 Å². The van der Waals surface area contributed by atoms with E-state index in [9.17, 15) is 9.59 Å². The van der Waals surface area contributed by atoms with Crippen LogP contribution in [-0.2, 0) is 9.59 Å². The van der Waals surface area contributed by atoms with Crippen molar-refractivity contribution in [3.63, 3.8) is 0 Å². The first-order valence-corrected chi connectivity index (χ1v) is 8.69. The molecule has 2 atom stereocenters. The molecule has 1 aliphatic rings. The Morgan fingerprint density at radius 1 is 1.36 bits per heavy atom. The fourth-order valence-corrected chi connectivity index (χ4v) is 3.95. The van der Waals surface area contributed by atoms with Crippen LogP contribution in [0.4, 0.5) is 0 Å². The summed E-state index contributed by atoms with van der Waals surface area (Å²) in [6, 6.07) is 7.80. The molecule has 1 saturated heterocycles. The molecule has 5 heteroatoms. The standard InChI is InChI=1S/C17H24N2O2S/c1-11(2)9-14(16(21)18-4)19-15(20)10-22-17(19)13-7-5-12(3)6-8-13/h5-8,11,14,17H,9-10H2,1-4H3,(H,18,21)/t14-,17+/m0/s1. The van der Waals surface area contributed by atoms with Gasteiger partial charge in [-0.1, -0.05) is 43.7 Å². The number of hydrogen-bond acceptors (Lipinski definition) is 3. The fraction of sp³-hybridized carbons (Fsp3) is 0.529. The Hall–Kier alpha value is -1.49. The minimum absolute atomic E-state index is 0.0461. The highest BCUT2D eigenvalue weighted by Crippen LogP contribution is 2.41. The summed E-state index contributed by atoms with van der Waals surface area (Å²) in [5.74, 6) is 0.746. The average Bonchev–Trinajstić information content (AvgIpc) is 2.86. The number of likely N-dealkylation sites (N-methyl/N-ethyl adjacent to an activating group) is 1. The maximum absolute atomic E-state index is 12.4. The molecule has 120 valence electrons. The van der Waals surface area contributed by atoms with Crippen molar-refractivity contribution < 1.29 is 9.59 Å². The van der Waals surface area contributed by atoms with Crippen LogP contribution < -0.4 is 5.32 Å². The lowest BCUT2D eigenvalue weighted by Gasteiger charge is -2.32. The lowest BCUT2D eigenvalue weighted by molar-refractivity contribution is -0.139. The summed E-state index contributed by atoms with van der Waals surface area (Å²) in [6.07, 6.45) is 0.675. The summed E-state index contributed by atoms with van der Waals surface area (Å²) in [5.41, 5.74) is 2.27. The van der Waals surface area contributed by atoms with E-state index in [1.807, 2.05) is 19.1 Å². The first kappa shape index (κ1) is 16.9. The molecule has 1 aliphatic heterocycles. The second-order valence-corrected chi connectivity index (χ2v) is 7.20. The van der Waals surface area contributed by atoms with Crippen LogP contribution in [-0.4, -0.2) is 35.6 Å². The Labute approximate surface area is 136 Å². The molecule has 1 N–H and O–H groups in total. The second kappa shape index (κ2) is 7.18. The molecule has 0 radical (unpaired) electrons. The lowest BCUT2D eigenvalue weighted by atomic mass is 10.0. The highest BCUT2D eigenvalue weighted by Gasteiger charge is 2.40. The third-order valence-corrected chi connectivity index (χ3v) is 5.08. The molecule has 22 heavy (non-hydrogen) atoms. The highest BCUT2D eigenvalue weighted by atomic mass is 32.2. The summed E-state index contributed by atoms with van der Waals surface area (Å²) in [5, 5.41) is 2.63. The Balaban J connectivity index is 2.32. The molecule has 1 heterocycles. The Morgan fingerprint density at radius 3 is 2.55 bits per heavy atom. The minimum Gasteiger partial charge on any atom is -0.357 e. The predicted molar refractivity (Wildman–Crippen MR) is 90.5 cm³/mol. The maximum Gasteiger partial charge on any atom is 0.242 e. The van der Waals surface area contributed by atoms with Gasteiger partial charge in [0.05, 0.1) is 5.75 Å². The summed E-state index contributed by atoms with van der Waals surface area (Å²) in [6.45, 7) is 6.19. The zero-order chi connectivity index (χ0) is 16.3. The van der Waals surface area contributed by atoms with Crippen LogP contribution in [0.2, 0.25) is 0 Å². The molecule has 0 saturated carbocycles. The first-order valence-electron chi connectivity index (χ1n) is 7.65. The van der Waals surface area contributed by atoms with Gasteiger partial charge in [0, 0.05) is 7.05 Å². The normalized spacial score (nSPS) is 19.6. The SMILES string of the molecule is CNC(=O)[C@H](CC(C)C)N1C(=O)CS[C@@H]1c1ccc(C)cc1. The van der Waals surface area contributed by atoms with E-state index in [0.717, 1.165) is 5.56 Å². The Kier molecular flexibility index (Phi) is 5.51. The van der Waals surface area contributed by atoms with E-state index >= 15 is 0 Å². The van der Waals surface area contributed by atoms with E-state index in [0.29, 0.717) is 18.1 Å². The largest absolute Gasteiger partial charge is 0.357 e. The zero-order valence-corrected chi connectivity index (χ0v) is 14.4. The first-order chi connectivity index (χ1) is 10.4. The molecular formula is C17H24N2O2S. The zero-order valence-electron chi connectivity index (χ0n) is 13.6. The Bertz CT molecular complexity index is 542. The van der Waals surface area contributed by atoms with Gasteiger partial charge < -0.3 is 10.2 Å². The maximum atomic E-state index is 12.4. The molecular weight excluding hydrogens is 296 g/mol. The van der Waals surface area contributed by atoms with Crippen LogP contribution in [0.3, 0.4) is 0 Å². The minimum atomic E-state index is -0.404. The van der Waals surface area contributed by atoms with Crippen LogP contribution in [0.5, 0.6) is 0 Å². The van der Waals surface area contributed by atoms with Crippen LogP contribution in [0.1, 0.15) is 36.8 Å². The molecule has 0 bridgehead atoms. The number of benzene rings is 1. The van der Waals surface area contributed by atoms with E-state index < -0.39 is 6.04 Å². The number of aryl methyl sites for hydroxylation is 1. The number of nitrogens with one attached hydrogen (secondary N) is 1. The van der Waals surface area contributed by atoms with Gasteiger partial charge in [0.2, 0.25) is 11.8 Å². The lowest BCUT2D eigenvalue weighted by Crippen LogP contribution is -2.48. The molecule has 0 spiro atoms. The summed E-state index contributed by atoms with van der Waals surface area (Å²) in [7, 11) is 1.63. The molecule has 2 rings (SSSR count). The van der Waals surface area contributed by atoms with Crippen molar-refractivity contribution in [1.29, 1.82) is 0 Å². The van der Waals surface area contributed by atoms with Gasteiger partial charge in [-0.3, -0.25) is 9.59 Å². The summed E-state index contributed by atoms with van der Waals surface area (Å²) < 4.78 is 0. The van der Waals surface area contributed by atoms with Gasteiger partial charge in [-0.05, 0) is 24.8 Å². The van der Waals surface area contributed by atoms with Crippen molar-refractivity contribution in [3.8, 4) is 0 Å². The predicted octanol–water partition coefficient (Wildman–Crippen LogP) is 2.73. The number of hydrogen-bond donors (Lipinski definition) is 1. The number of nitrogens with zero attached hydrogens (tertiary/aromatic N) is 1. The third kappa shape index (κ3) is 3.64. The van der Waals surface area contributed by atoms with E-state index in [1.165, 1.54) is 5.56 Å². The molecule has 1 aromatic rings. The van der Waals surface area contributed by atoms with Crippen LogP contribution in [0.15, 0.2) is 24.3 Å². The van der Waals surface area contributed by atoms with E-state index in [2.05, 4.69) is 31.3 Å². The topological polar surface area (TPSA) is 49.4 Å². The number of carbonyl (C=O) groups excluding carboxylic acids is 2. The summed E-state index contributed by atoms with van der Waals surface area (Å²) in [4.78, 5) is 26.5. The van der Waals surface area contributed by atoms with Crippen molar-refractivity contribution in [2.45, 2.75) is 38.6 Å². The molecule has 2 amide bonds. The average molecular weight is 320 g/mol. The smallest absolute Gasteiger partial charge is 0.242 e. The molecule has 4 nitrogen and oxygen atoms in total. The molecule has 1 aromatic carbocycles. The van der Waals surface area contributed by atoms with Crippen molar-refractivity contribution in [3.05, 3.63) is 35.4 Å². The van der Waals surface area contributed by atoms with E-state index in [1.54, 1.807) is 23.7 Å². The van der Waals surface area contributed by atoms with Crippen molar-refractivity contribution >= 4 is 23.6 Å². The molecule has 0 aromatic heterocycles. The summed E-state index contributed by atoms with van der Waals surface area (Å²) >= 11 is 1.60. The number of thioether (sulfide) groups is 1. The monoisotopic (exact) mass is 320 g/mol. The van der Waals surface area contributed by atoms with Crippen molar-refractivity contribution in [2.24, 2.45) is 5.92 Å². The van der Waals surface area contributed by atoms with Crippen LogP contribution in [0, 0.1) is 12.8 Å². The van der Waals surface area contributed by atoms with Gasteiger partial charge in [-0.25, -0.2) is 0 Å². The van der Waals surface area contributed by atoms with Gasteiger partial charge >= 0.3 is 0 Å². The van der Waals surface area contributed by atoms with Crippen LogP contribution >= 0.6 is 11.8 Å². The number of amides is 2. The second-order valence-electron chi connectivity index (χ2n) is 6.13. The number of carbonyl (C=O) groups is 2. The van der Waals surface area contributed by atoms with Crippen molar-refractivity contribution in [2.75, 3.05) is 12.8 Å². The quantitative estimate of drug-likeness (QED) is 0.907. The van der Waals surface area contributed by atoms with Gasteiger partial charge in [0.15, 0.2) is 0 Å². The van der Waals surface area contributed by atoms with Gasteiger partial charge in [0.25, 0.3) is 0 Å². The Morgan fingerprint density at radius 2 is 2.00 bits per heavy atom.